The zero-order valence-electron chi connectivity index (χ0n) is 8.62. The Balaban J connectivity index is 2.16. The summed E-state index contributed by atoms with van der Waals surface area (Å²) in [7, 11) is 2.13. The normalized spacial score (nSPS) is 18.1. The Morgan fingerprint density at radius 2 is 2.23 bits per heavy atom. The molecule has 1 aliphatic carbocycles. The monoisotopic (exact) mass is 181 g/mol. The first-order valence-electron chi connectivity index (χ1n) is 5.13. The molecule has 0 aromatic rings. The van der Waals surface area contributed by atoms with Crippen molar-refractivity contribution in [2.24, 2.45) is 0 Å². The Hall–Kier alpha value is -0.630. The Morgan fingerprint density at radius 3 is 2.69 bits per heavy atom. The van der Waals surface area contributed by atoms with Crippen LogP contribution in [-0.4, -0.2) is 30.3 Å². The minimum atomic E-state index is 0.224. The highest BCUT2D eigenvalue weighted by Crippen LogP contribution is 2.22. The topological polar surface area (TPSA) is 20.3 Å². The van der Waals surface area contributed by atoms with Crippen LogP contribution in [0, 0.1) is 0 Å². The van der Waals surface area contributed by atoms with Crippen molar-refractivity contribution < 1.29 is 4.79 Å². The van der Waals surface area contributed by atoms with Crippen molar-refractivity contribution in [3.8, 4) is 0 Å². The van der Waals surface area contributed by atoms with Gasteiger partial charge in [0.25, 0.3) is 0 Å². The minimum absolute atomic E-state index is 0.224. The van der Waals surface area contributed by atoms with Gasteiger partial charge in [0, 0.05) is 19.0 Å². The third kappa shape index (κ3) is 3.31. The molecule has 2 heteroatoms. The van der Waals surface area contributed by atoms with E-state index in [0.29, 0.717) is 6.42 Å². The maximum Gasteiger partial charge on any atom is 0.155 e. The van der Waals surface area contributed by atoms with Gasteiger partial charge in [-0.25, -0.2) is 0 Å². The van der Waals surface area contributed by atoms with Gasteiger partial charge in [-0.2, -0.15) is 0 Å². The maximum atomic E-state index is 10.9. The van der Waals surface area contributed by atoms with Gasteiger partial charge in [0.15, 0.2) is 5.78 Å². The van der Waals surface area contributed by atoms with E-state index < -0.39 is 0 Å². The zero-order valence-corrected chi connectivity index (χ0v) is 8.62. The number of allylic oxidation sites excluding steroid dienone is 1. The fraction of sp³-hybridized carbons (Fsp3) is 0.727. The van der Waals surface area contributed by atoms with Crippen LogP contribution in [-0.2, 0) is 4.79 Å². The highest BCUT2D eigenvalue weighted by atomic mass is 16.1. The summed E-state index contributed by atoms with van der Waals surface area (Å²) in [6.45, 7) is 2.80. The fourth-order valence-electron chi connectivity index (χ4n) is 1.44. The molecule has 0 unspecified atom stereocenters. The molecule has 74 valence electrons. The van der Waals surface area contributed by atoms with Crippen molar-refractivity contribution in [2.45, 2.75) is 38.6 Å². The minimum Gasteiger partial charge on any atom is -0.300 e. The molecule has 0 radical (unpaired) electrons. The second-order valence-electron chi connectivity index (χ2n) is 3.75. The van der Waals surface area contributed by atoms with E-state index in [1.165, 1.54) is 19.3 Å². The molecule has 0 spiro atoms. The van der Waals surface area contributed by atoms with Gasteiger partial charge >= 0.3 is 0 Å². The second kappa shape index (κ2) is 5.18. The lowest BCUT2D eigenvalue weighted by atomic mass is 9.92. The molecule has 1 rings (SSSR count). The summed E-state index contributed by atoms with van der Waals surface area (Å²) in [5.41, 5.74) is 0. The summed E-state index contributed by atoms with van der Waals surface area (Å²) in [5.74, 6) is 0.224. The highest BCUT2D eigenvalue weighted by Gasteiger charge is 2.20. The lowest BCUT2D eigenvalue weighted by Crippen LogP contribution is -2.37. The van der Waals surface area contributed by atoms with Crippen LogP contribution >= 0.6 is 0 Å². The van der Waals surface area contributed by atoms with Crippen LogP contribution < -0.4 is 0 Å². The van der Waals surface area contributed by atoms with E-state index in [4.69, 9.17) is 0 Å². The SMILES string of the molecule is CCC(=O)/C=C/CN(C)C1CCC1. The summed E-state index contributed by atoms with van der Waals surface area (Å²) in [6.07, 6.45) is 8.31. The molecular formula is C11H19NO. The number of nitrogens with zero attached hydrogens (tertiary/aromatic N) is 1. The number of hydrogen-bond acceptors (Lipinski definition) is 2. The molecule has 0 bridgehead atoms. The first-order chi connectivity index (χ1) is 6.24. The standard InChI is InChI=1S/C11H19NO/c1-3-11(13)8-5-9-12(2)10-6-4-7-10/h5,8,10H,3-4,6-7,9H2,1-2H3/b8-5+. The average Bonchev–Trinajstić information content (AvgIpc) is 2.01. The number of likely N-dealkylation sites (N-methyl/N-ethyl adjacent to an activating group) is 1. The van der Waals surface area contributed by atoms with Gasteiger partial charge in [0.05, 0.1) is 0 Å². The predicted octanol–water partition coefficient (Wildman–Crippen LogP) is 2.01. The van der Waals surface area contributed by atoms with Crippen LogP contribution in [0.5, 0.6) is 0 Å². The summed E-state index contributed by atoms with van der Waals surface area (Å²) in [4.78, 5) is 13.3. The fourth-order valence-corrected chi connectivity index (χ4v) is 1.44. The molecule has 0 amide bonds. The van der Waals surface area contributed by atoms with Crippen molar-refractivity contribution in [1.82, 2.24) is 4.90 Å². The van der Waals surface area contributed by atoms with Crippen molar-refractivity contribution in [3.63, 3.8) is 0 Å². The number of hydrogen-bond donors (Lipinski definition) is 0. The molecule has 0 aromatic carbocycles. The van der Waals surface area contributed by atoms with Gasteiger partial charge in [0.1, 0.15) is 0 Å². The first kappa shape index (κ1) is 10.5. The zero-order chi connectivity index (χ0) is 9.68. The van der Waals surface area contributed by atoms with Crippen molar-refractivity contribution >= 4 is 5.78 Å². The van der Waals surface area contributed by atoms with E-state index in [9.17, 15) is 4.79 Å². The number of rotatable bonds is 5. The van der Waals surface area contributed by atoms with Gasteiger partial charge < -0.3 is 0 Å². The van der Waals surface area contributed by atoms with Crippen LogP contribution in [0.3, 0.4) is 0 Å². The van der Waals surface area contributed by atoms with E-state index in [0.717, 1.165) is 12.6 Å². The lowest BCUT2D eigenvalue weighted by Gasteiger charge is -2.33. The van der Waals surface area contributed by atoms with Crippen molar-refractivity contribution in [3.05, 3.63) is 12.2 Å². The molecule has 1 saturated carbocycles. The van der Waals surface area contributed by atoms with Gasteiger partial charge in [-0.1, -0.05) is 19.4 Å². The Bertz CT molecular complexity index is 194. The van der Waals surface area contributed by atoms with E-state index in [1.807, 2.05) is 13.0 Å². The molecule has 2 nitrogen and oxygen atoms in total. The summed E-state index contributed by atoms with van der Waals surface area (Å²) in [5, 5.41) is 0. The molecule has 0 heterocycles. The van der Waals surface area contributed by atoms with Gasteiger partial charge in [-0.3, -0.25) is 9.69 Å². The van der Waals surface area contributed by atoms with E-state index in [-0.39, 0.29) is 5.78 Å². The largest absolute Gasteiger partial charge is 0.300 e. The molecule has 0 saturated heterocycles. The third-order valence-electron chi connectivity index (χ3n) is 2.74. The Kier molecular flexibility index (Phi) is 4.16. The summed E-state index contributed by atoms with van der Waals surface area (Å²) < 4.78 is 0. The van der Waals surface area contributed by atoms with Gasteiger partial charge in [0.2, 0.25) is 0 Å². The molecule has 13 heavy (non-hydrogen) atoms. The molecule has 0 atom stereocenters. The Labute approximate surface area is 80.6 Å². The third-order valence-corrected chi connectivity index (χ3v) is 2.74. The van der Waals surface area contributed by atoms with E-state index in [2.05, 4.69) is 11.9 Å². The predicted molar refractivity (Wildman–Crippen MR) is 54.7 cm³/mol. The van der Waals surface area contributed by atoms with Crippen LogP contribution in [0.1, 0.15) is 32.6 Å². The maximum absolute atomic E-state index is 10.9. The molecule has 1 fully saturated rings. The summed E-state index contributed by atoms with van der Waals surface area (Å²) in [6, 6.07) is 0.765. The molecule has 0 aliphatic heterocycles. The van der Waals surface area contributed by atoms with Crippen LogP contribution in [0.25, 0.3) is 0 Å². The number of ketones is 1. The lowest BCUT2D eigenvalue weighted by molar-refractivity contribution is -0.114. The summed E-state index contributed by atoms with van der Waals surface area (Å²) >= 11 is 0. The van der Waals surface area contributed by atoms with Crippen LogP contribution in [0.2, 0.25) is 0 Å². The molecule has 1 aliphatic rings. The number of carbonyl (C=O) groups is 1. The van der Waals surface area contributed by atoms with Crippen molar-refractivity contribution in [1.29, 1.82) is 0 Å². The first-order valence-corrected chi connectivity index (χ1v) is 5.13. The van der Waals surface area contributed by atoms with Crippen LogP contribution in [0.4, 0.5) is 0 Å². The quantitative estimate of drug-likeness (QED) is 0.605. The second-order valence-corrected chi connectivity index (χ2v) is 3.75. The molecule has 0 aromatic heterocycles. The van der Waals surface area contributed by atoms with E-state index >= 15 is 0 Å². The van der Waals surface area contributed by atoms with Crippen LogP contribution in [0.15, 0.2) is 12.2 Å². The molecule has 0 N–H and O–H groups in total. The smallest absolute Gasteiger partial charge is 0.155 e. The Morgan fingerprint density at radius 1 is 1.54 bits per heavy atom. The highest BCUT2D eigenvalue weighted by molar-refractivity contribution is 5.89. The van der Waals surface area contributed by atoms with E-state index in [1.54, 1.807) is 6.08 Å². The van der Waals surface area contributed by atoms with Gasteiger partial charge in [-0.05, 0) is 26.0 Å². The van der Waals surface area contributed by atoms with Gasteiger partial charge in [-0.15, -0.1) is 0 Å². The number of carbonyl (C=O) groups excluding carboxylic acids is 1. The van der Waals surface area contributed by atoms with Crippen molar-refractivity contribution in [2.75, 3.05) is 13.6 Å². The average molecular weight is 181 g/mol. The molecular weight excluding hydrogens is 162 g/mol.